The summed E-state index contributed by atoms with van der Waals surface area (Å²) in [5.41, 5.74) is 3.10. The number of hydrogen-bond donors (Lipinski definition) is 1. The minimum Gasteiger partial charge on any atom is -0.624 e. The topological polar surface area (TPSA) is 120 Å². The molecule has 192 valence electrons. The Morgan fingerprint density at radius 2 is 1.78 bits per heavy atom. The fourth-order valence-electron chi connectivity index (χ4n) is 4.46. The van der Waals surface area contributed by atoms with Crippen molar-refractivity contribution in [1.29, 1.82) is 0 Å². The maximum absolute atomic E-state index is 13.2. The van der Waals surface area contributed by atoms with E-state index >= 15 is 0 Å². The molecule has 2 aromatic carbocycles. The number of benzene rings is 2. The molecule has 0 fully saturated rings. The molecule has 1 aliphatic rings. The predicted octanol–water partition coefficient (Wildman–Crippen LogP) is 5.07. The van der Waals surface area contributed by atoms with Gasteiger partial charge in [-0.15, -0.1) is 0 Å². The van der Waals surface area contributed by atoms with Gasteiger partial charge in [0, 0.05) is 17.7 Å². The Morgan fingerprint density at radius 3 is 2.49 bits per heavy atom. The number of aryl methyl sites for hydroxylation is 1. The van der Waals surface area contributed by atoms with Crippen LogP contribution in [0.25, 0.3) is 22.8 Å². The Kier molecular flexibility index (Phi) is 6.77. The molecule has 1 aliphatic heterocycles. The number of carbonyl (C=O) groups excluding carboxylic acids is 1. The molecular weight excluding hydrogens is 472 g/mol. The lowest BCUT2D eigenvalue weighted by atomic mass is 10.1. The number of carbonyl (C=O) groups is 1. The molecule has 2 aromatic heterocycles. The molecule has 0 bridgehead atoms. The van der Waals surface area contributed by atoms with Crippen molar-refractivity contribution in [2.75, 3.05) is 24.7 Å². The van der Waals surface area contributed by atoms with Gasteiger partial charge in [-0.2, -0.15) is 4.98 Å². The van der Waals surface area contributed by atoms with Gasteiger partial charge in [-0.05, 0) is 44.0 Å². The van der Waals surface area contributed by atoms with E-state index < -0.39 is 10.6 Å². The maximum Gasteiger partial charge on any atom is 0.367 e. The highest BCUT2D eigenvalue weighted by atomic mass is 16.6. The van der Waals surface area contributed by atoms with Crippen molar-refractivity contribution in [3.05, 3.63) is 70.9 Å². The van der Waals surface area contributed by atoms with Gasteiger partial charge in [-0.25, -0.2) is 9.78 Å². The van der Waals surface area contributed by atoms with E-state index in [2.05, 4.69) is 20.1 Å². The van der Waals surface area contributed by atoms with E-state index in [1.165, 1.54) is 0 Å². The molecule has 0 spiro atoms. The van der Waals surface area contributed by atoms with Gasteiger partial charge < -0.3 is 24.4 Å². The van der Waals surface area contributed by atoms with Gasteiger partial charge in [0.05, 0.1) is 6.54 Å². The molecule has 1 amide bonds. The smallest absolute Gasteiger partial charge is 0.367 e. The van der Waals surface area contributed by atoms with E-state index in [4.69, 9.17) is 9.26 Å². The summed E-state index contributed by atoms with van der Waals surface area (Å²) in [4.78, 5) is 27.1. The van der Waals surface area contributed by atoms with Crippen molar-refractivity contribution < 1.29 is 18.7 Å². The molecular formula is C27H30N6O4. The number of imidazole rings is 1. The Balaban J connectivity index is 1.29. The Hall–Kier alpha value is -4.02. The van der Waals surface area contributed by atoms with E-state index in [1.54, 1.807) is 0 Å². The summed E-state index contributed by atoms with van der Waals surface area (Å²) < 4.78 is 10.3. The lowest BCUT2D eigenvalue weighted by molar-refractivity contribution is -0.799. The number of anilines is 1. The monoisotopic (exact) mass is 502 g/mol. The number of nitrogens with one attached hydrogen (secondary N) is 1. The molecule has 10 heteroatoms. The molecule has 1 unspecified atom stereocenters. The molecule has 4 aromatic rings. The summed E-state index contributed by atoms with van der Waals surface area (Å²) in [6, 6.07) is 15.2. The number of aromatic amines is 1. The van der Waals surface area contributed by atoms with Crippen LogP contribution in [0.3, 0.4) is 0 Å². The highest BCUT2D eigenvalue weighted by molar-refractivity contribution is 5.95. The van der Waals surface area contributed by atoms with Crippen molar-refractivity contribution in [2.45, 2.75) is 40.2 Å². The third-order valence-corrected chi connectivity index (χ3v) is 6.31. The maximum atomic E-state index is 13.2. The van der Waals surface area contributed by atoms with Crippen LogP contribution in [0.1, 0.15) is 48.6 Å². The fourth-order valence-corrected chi connectivity index (χ4v) is 4.46. The summed E-state index contributed by atoms with van der Waals surface area (Å²) in [7, 11) is 0. The van der Waals surface area contributed by atoms with Crippen LogP contribution >= 0.6 is 0 Å². The average molecular weight is 503 g/mol. The molecule has 1 atom stereocenters. The molecule has 0 saturated heterocycles. The van der Waals surface area contributed by atoms with Crippen LogP contribution in [-0.2, 0) is 6.61 Å². The molecule has 3 heterocycles. The molecule has 10 nitrogen and oxygen atoms in total. The normalized spacial score (nSPS) is 17.2. The zero-order chi connectivity index (χ0) is 26.0. The van der Waals surface area contributed by atoms with Gasteiger partial charge in [-0.1, -0.05) is 48.8 Å². The minimum atomic E-state index is -0.890. The number of nitrogens with zero attached hydrogens (tertiary/aromatic N) is 5. The molecule has 37 heavy (non-hydrogen) atoms. The summed E-state index contributed by atoms with van der Waals surface area (Å²) in [5, 5.41) is 17.3. The summed E-state index contributed by atoms with van der Waals surface area (Å²) in [5.74, 6) is 2.13. The van der Waals surface area contributed by atoms with Crippen LogP contribution in [0.15, 0.2) is 53.1 Å². The van der Waals surface area contributed by atoms with Crippen LogP contribution < -0.4 is 9.64 Å². The van der Waals surface area contributed by atoms with Gasteiger partial charge in [-0.3, -0.25) is 4.65 Å². The van der Waals surface area contributed by atoms with Crippen molar-refractivity contribution in [1.82, 2.24) is 20.1 Å². The number of fused-ring (bicyclic) bond motifs is 1. The second kappa shape index (κ2) is 10.2. The van der Waals surface area contributed by atoms with Crippen LogP contribution in [-0.4, -0.2) is 50.4 Å². The van der Waals surface area contributed by atoms with Crippen LogP contribution in [0.2, 0.25) is 0 Å². The largest absolute Gasteiger partial charge is 0.624 e. The van der Waals surface area contributed by atoms with Crippen molar-refractivity contribution in [3.63, 3.8) is 0 Å². The Morgan fingerprint density at radius 1 is 1.05 bits per heavy atom. The van der Waals surface area contributed by atoms with Gasteiger partial charge in [0.1, 0.15) is 11.6 Å². The Bertz CT molecular complexity index is 1380. The van der Waals surface area contributed by atoms with Crippen molar-refractivity contribution >= 4 is 11.7 Å². The number of amides is 1. The number of ether oxygens (including phenoxy) is 1. The number of hydroxylamine groups is 3. The van der Waals surface area contributed by atoms with Gasteiger partial charge in [0.25, 0.3) is 5.89 Å². The quantitative estimate of drug-likeness (QED) is 0.249. The number of hydrogen-bond acceptors (Lipinski definition) is 8. The molecule has 1 N–H and O–H groups in total. The number of H-pyrrole nitrogens is 1. The van der Waals surface area contributed by atoms with E-state index in [0.717, 1.165) is 23.1 Å². The van der Waals surface area contributed by atoms with Gasteiger partial charge in [0.15, 0.2) is 24.8 Å². The van der Waals surface area contributed by atoms with Crippen molar-refractivity contribution in [3.8, 4) is 28.5 Å². The highest BCUT2D eigenvalue weighted by Gasteiger charge is 2.41. The lowest BCUT2D eigenvalue weighted by Crippen LogP contribution is -2.58. The number of quaternary nitrogens is 1. The van der Waals surface area contributed by atoms with Crippen LogP contribution in [0, 0.1) is 12.1 Å². The third-order valence-electron chi connectivity index (χ3n) is 6.31. The zero-order valence-corrected chi connectivity index (χ0v) is 21.2. The SMILES string of the molecule is CCCN1C[N+]([O-])(CCC)C(=O)c2[nH]c(-c3ccc(OCc4nc(-c5ccc(C)cc5)no4)cc3)nc21. The predicted molar refractivity (Wildman–Crippen MR) is 138 cm³/mol. The summed E-state index contributed by atoms with van der Waals surface area (Å²) in [6.07, 6.45) is 1.48. The van der Waals surface area contributed by atoms with Crippen molar-refractivity contribution in [2.24, 2.45) is 0 Å². The average Bonchev–Trinajstić information content (AvgIpc) is 3.55. The second-order valence-corrected chi connectivity index (χ2v) is 9.30. The molecule has 5 rings (SSSR count). The van der Waals surface area contributed by atoms with E-state index in [0.29, 0.717) is 42.1 Å². The molecule has 0 aliphatic carbocycles. The fraction of sp³-hybridized carbons (Fsp3) is 0.333. The second-order valence-electron chi connectivity index (χ2n) is 9.30. The van der Waals surface area contributed by atoms with Gasteiger partial charge >= 0.3 is 5.91 Å². The van der Waals surface area contributed by atoms with E-state index in [1.807, 2.05) is 74.2 Å². The first kappa shape index (κ1) is 24.7. The Labute approximate surface area is 215 Å². The van der Waals surface area contributed by atoms with Crippen LogP contribution in [0.4, 0.5) is 5.82 Å². The summed E-state index contributed by atoms with van der Waals surface area (Å²) >= 11 is 0. The molecule has 0 radical (unpaired) electrons. The lowest BCUT2D eigenvalue weighted by Gasteiger charge is -2.45. The minimum absolute atomic E-state index is 0.0892. The summed E-state index contributed by atoms with van der Waals surface area (Å²) in [6.45, 7) is 7.10. The third kappa shape index (κ3) is 4.98. The van der Waals surface area contributed by atoms with E-state index in [9.17, 15) is 10.0 Å². The van der Waals surface area contributed by atoms with Crippen LogP contribution in [0.5, 0.6) is 5.75 Å². The first-order chi connectivity index (χ1) is 17.9. The zero-order valence-electron chi connectivity index (χ0n) is 21.2. The first-order valence-electron chi connectivity index (χ1n) is 12.5. The standard InChI is InChI=1S/C27H30N6O4/c1-4-14-32-17-33(35,15-5-2)27(34)23-26(32)30-24(29-23)19-10-12-21(13-11-19)36-16-22-28-25(31-37-22)20-8-6-18(3)7-9-20/h6-13H,4-5,14-17H2,1-3H3,(H,29,30). The van der Waals surface area contributed by atoms with Gasteiger partial charge in [0.2, 0.25) is 5.82 Å². The molecule has 0 saturated carbocycles. The highest BCUT2D eigenvalue weighted by Crippen LogP contribution is 2.33. The number of rotatable bonds is 9. The number of aromatic nitrogens is 4. The first-order valence-corrected chi connectivity index (χ1v) is 12.5. The van der Waals surface area contributed by atoms with E-state index in [-0.39, 0.29) is 25.5 Å².